The largest absolute Gasteiger partial charge is 0.481 e. The summed E-state index contributed by atoms with van der Waals surface area (Å²) in [6, 6.07) is 10.3. The molecule has 1 fully saturated rings. The van der Waals surface area contributed by atoms with E-state index in [9.17, 15) is 5.11 Å². The summed E-state index contributed by atoms with van der Waals surface area (Å²) in [5.74, 6) is 0.472. The van der Waals surface area contributed by atoms with E-state index in [0.717, 1.165) is 30.4 Å². The van der Waals surface area contributed by atoms with Gasteiger partial charge in [0.15, 0.2) is 0 Å². The molecule has 0 bridgehead atoms. The average molecular weight is 328 g/mol. The van der Waals surface area contributed by atoms with E-state index in [1.165, 1.54) is 7.11 Å². The van der Waals surface area contributed by atoms with Crippen molar-refractivity contribution in [1.82, 2.24) is 9.97 Å². The minimum atomic E-state index is -0.939. The van der Waals surface area contributed by atoms with Gasteiger partial charge in [0.05, 0.1) is 19.9 Å². The van der Waals surface area contributed by atoms with E-state index in [0.29, 0.717) is 30.8 Å². The summed E-state index contributed by atoms with van der Waals surface area (Å²) in [5, 5.41) is 11.2. The first-order valence-corrected chi connectivity index (χ1v) is 8.42. The Hall–Kier alpha value is -2.14. The number of hydrogen-bond donors (Lipinski definition) is 1. The van der Waals surface area contributed by atoms with Gasteiger partial charge >= 0.3 is 6.01 Å². The van der Waals surface area contributed by atoms with E-state index in [1.807, 2.05) is 18.2 Å². The lowest BCUT2D eigenvalue weighted by molar-refractivity contribution is -0.00631. The monoisotopic (exact) mass is 328 g/mol. The van der Waals surface area contributed by atoms with Crippen LogP contribution in [0.2, 0.25) is 0 Å². The fourth-order valence-corrected chi connectivity index (χ4v) is 3.42. The standard InChI is InChI=1S/C19H24N2O3/c1-23-17-15(13-14-9-5-3-6-10-14)16(20-18(21-17)24-2)19(22)11-7-4-8-12-19/h3,5-6,9-10,22H,4,7-8,11-13H2,1-2H3. The summed E-state index contributed by atoms with van der Waals surface area (Å²) in [7, 11) is 3.12. The maximum Gasteiger partial charge on any atom is 0.319 e. The Morgan fingerprint density at radius 2 is 1.71 bits per heavy atom. The predicted molar refractivity (Wildman–Crippen MR) is 91.4 cm³/mol. The Morgan fingerprint density at radius 3 is 2.33 bits per heavy atom. The Kier molecular flexibility index (Phi) is 5.00. The van der Waals surface area contributed by atoms with E-state index >= 15 is 0 Å². The van der Waals surface area contributed by atoms with E-state index in [-0.39, 0.29) is 6.01 Å². The third-order valence-electron chi connectivity index (χ3n) is 4.67. The minimum absolute atomic E-state index is 0.234. The van der Waals surface area contributed by atoms with Crippen LogP contribution in [-0.2, 0) is 12.0 Å². The van der Waals surface area contributed by atoms with Crippen molar-refractivity contribution in [3.05, 3.63) is 47.2 Å². The molecule has 1 heterocycles. The smallest absolute Gasteiger partial charge is 0.319 e. The molecule has 0 amide bonds. The highest BCUT2D eigenvalue weighted by Crippen LogP contribution is 2.40. The molecule has 1 aromatic heterocycles. The lowest BCUT2D eigenvalue weighted by atomic mass is 9.80. The molecular formula is C19H24N2O3. The first-order valence-electron chi connectivity index (χ1n) is 8.42. The third kappa shape index (κ3) is 3.36. The van der Waals surface area contributed by atoms with Crippen LogP contribution in [0.3, 0.4) is 0 Å². The summed E-state index contributed by atoms with van der Waals surface area (Å²) in [4.78, 5) is 8.85. The molecule has 1 aliphatic carbocycles. The van der Waals surface area contributed by atoms with Crippen molar-refractivity contribution in [2.75, 3.05) is 14.2 Å². The number of aromatic nitrogens is 2. The van der Waals surface area contributed by atoms with Crippen molar-refractivity contribution in [3.63, 3.8) is 0 Å². The fourth-order valence-electron chi connectivity index (χ4n) is 3.42. The Labute approximate surface area is 142 Å². The number of hydrogen-bond acceptors (Lipinski definition) is 5. The lowest BCUT2D eigenvalue weighted by Crippen LogP contribution is -2.31. The Morgan fingerprint density at radius 1 is 1.00 bits per heavy atom. The molecule has 1 saturated carbocycles. The van der Waals surface area contributed by atoms with Crippen LogP contribution >= 0.6 is 0 Å². The number of nitrogens with zero attached hydrogens (tertiary/aromatic N) is 2. The molecule has 0 unspecified atom stereocenters. The maximum absolute atomic E-state index is 11.2. The first-order chi connectivity index (χ1) is 11.7. The summed E-state index contributed by atoms with van der Waals surface area (Å²) in [5.41, 5.74) is 1.68. The quantitative estimate of drug-likeness (QED) is 0.913. The summed E-state index contributed by atoms with van der Waals surface area (Å²) < 4.78 is 10.7. The number of rotatable bonds is 5. The van der Waals surface area contributed by atoms with Gasteiger partial charge < -0.3 is 14.6 Å². The van der Waals surface area contributed by atoms with Crippen LogP contribution in [0.5, 0.6) is 11.9 Å². The zero-order valence-corrected chi connectivity index (χ0v) is 14.3. The highest BCUT2D eigenvalue weighted by molar-refractivity contribution is 5.40. The molecule has 0 spiro atoms. The van der Waals surface area contributed by atoms with Crippen molar-refractivity contribution in [2.24, 2.45) is 0 Å². The molecule has 0 atom stereocenters. The van der Waals surface area contributed by atoms with Gasteiger partial charge in [0.25, 0.3) is 0 Å². The van der Waals surface area contributed by atoms with Gasteiger partial charge in [0.2, 0.25) is 5.88 Å². The molecule has 24 heavy (non-hydrogen) atoms. The zero-order chi connectivity index (χ0) is 17.0. The van der Waals surface area contributed by atoms with Crippen molar-refractivity contribution in [1.29, 1.82) is 0 Å². The molecule has 5 heteroatoms. The summed E-state index contributed by atoms with van der Waals surface area (Å²) >= 11 is 0. The molecule has 0 radical (unpaired) electrons. The van der Waals surface area contributed by atoms with Gasteiger partial charge in [0.1, 0.15) is 5.60 Å². The van der Waals surface area contributed by atoms with Crippen LogP contribution in [0.15, 0.2) is 30.3 Å². The van der Waals surface area contributed by atoms with Gasteiger partial charge in [-0.3, -0.25) is 0 Å². The van der Waals surface area contributed by atoms with Gasteiger partial charge in [-0.15, -0.1) is 0 Å². The number of benzene rings is 1. The van der Waals surface area contributed by atoms with Crippen molar-refractivity contribution >= 4 is 0 Å². The zero-order valence-electron chi connectivity index (χ0n) is 14.3. The van der Waals surface area contributed by atoms with Crippen LogP contribution in [0.1, 0.15) is 48.9 Å². The molecule has 2 aromatic rings. The van der Waals surface area contributed by atoms with E-state index in [4.69, 9.17) is 9.47 Å². The molecule has 1 aromatic carbocycles. The lowest BCUT2D eigenvalue weighted by Gasteiger charge is -2.33. The van der Waals surface area contributed by atoms with E-state index in [2.05, 4.69) is 22.1 Å². The summed E-state index contributed by atoms with van der Waals surface area (Å²) in [6.45, 7) is 0. The maximum atomic E-state index is 11.2. The molecule has 5 nitrogen and oxygen atoms in total. The highest BCUT2D eigenvalue weighted by atomic mass is 16.5. The molecular weight excluding hydrogens is 304 g/mol. The van der Waals surface area contributed by atoms with Crippen LogP contribution in [-0.4, -0.2) is 29.3 Å². The van der Waals surface area contributed by atoms with Gasteiger partial charge in [-0.2, -0.15) is 9.97 Å². The van der Waals surface area contributed by atoms with Crippen LogP contribution in [0, 0.1) is 0 Å². The normalized spacial score (nSPS) is 16.6. The highest BCUT2D eigenvalue weighted by Gasteiger charge is 2.37. The molecule has 128 valence electrons. The van der Waals surface area contributed by atoms with Gasteiger partial charge in [-0.25, -0.2) is 0 Å². The predicted octanol–water partition coefficient (Wildman–Crippen LogP) is 3.24. The van der Waals surface area contributed by atoms with Crippen LogP contribution in [0.4, 0.5) is 0 Å². The SMILES string of the molecule is COc1nc(OC)c(Cc2ccccc2)c(C2(O)CCCCC2)n1. The minimum Gasteiger partial charge on any atom is -0.481 e. The van der Waals surface area contributed by atoms with E-state index in [1.54, 1.807) is 7.11 Å². The molecule has 1 aliphatic rings. The van der Waals surface area contributed by atoms with Crippen LogP contribution < -0.4 is 9.47 Å². The molecule has 3 rings (SSSR count). The third-order valence-corrected chi connectivity index (χ3v) is 4.67. The van der Waals surface area contributed by atoms with Crippen LogP contribution in [0.25, 0.3) is 0 Å². The van der Waals surface area contributed by atoms with Crippen molar-refractivity contribution in [2.45, 2.75) is 44.1 Å². The topological polar surface area (TPSA) is 64.5 Å². The Bertz CT molecular complexity index is 683. The second kappa shape index (κ2) is 7.18. The second-order valence-corrected chi connectivity index (χ2v) is 6.30. The summed E-state index contributed by atoms with van der Waals surface area (Å²) in [6.07, 6.45) is 5.17. The number of ether oxygens (including phenoxy) is 2. The number of aliphatic hydroxyl groups is 1. The first kappa shape index (κ1) is 16.7. The molecule has 0 saturated heterocycles. The van der Waals surface area contributed by atoms with Gasteiger partial charge in [0, 0.05) is 12.0 Å². The molecule has 1 N–H and O–H groups in total. The van der Waals surface area contributed by atoms with Crippen molar-refractivity contribution < 1.29 is 14.6 Å². The Balaban J connectivity index is 2.10. The van der Waals surface area contributed by atoms with Gasteiger partial charge in [-0.05, 0) is 18.4 Å². The van der Waals surface area contributed by atoms with Crippen molar-refractivity contribution in [3.8, 4) is 11.9 Å². The second-order valence-electron chi connectivity index (χ2n) is 6.30. The average Bonchev–Trinajstić information content (AvgIpc) is 2.63. The molecule has 0 aliphatic heterocycles. The fraction of sp³-hybridized carbons (Fsp3) is 0.474. The van der Waals surface area contributed by atoms with Gasteiger partial charge in [-0.1, -0.05) is 49.6 Å². The number of methoxy groups -OCH3 is 2. The van der Waals surface area contributed by atoms with E-state index < -0.39 is 5.60 Å².